The summed E-state index contributed by atoms with van der Waals surface area (Å²) in [5.74, 6) is 0. The first kappa shape index (κ1) is 15.8. The summed E-state index contributed by atoms with van der Waals surface area (Å²) >= 11 is -0.0990. The van der Waals surface area contributed by atoms with Crippen molar-refractivity contribution in [1.82, 2.24) is 0 Å². The van der Waals surface area contributed by atoms with Crippen molar-refractivity contribution in [2.45, 2.75) is 30.8 Å². The van der Waals surface area contributed by atoms with E-state index in [2.05, 4.69) is 5.32 Å². The molecule has 0 radical (unpaired) electrons. The number of halogens is 3. The smallest absolute Gasteiger partial charge is 0.381 e. The number of hydrogen-bond donors (Lipinski definition) is 1. The SMILES string of the molecule is Cc1cccc(C)c1CNc1ccc(SC(F)(F)F)cc1. The van der Waals surface area contributed by atoms with E-state index in [0.717, 1.165) is 5.69 Å². The van der Waals surface area contributed by atoms with E-state index < -0.39 is 5.51 Å². The predicted molar refractivity (Wildman–Crippen MR) is 81.6 cm³/mol. The van der Waals surface area contributed by atoms with Gasteiger partial charge in [-0.15, -0.1) is 0 Å². The van der Waals surface area contributed by atoms with Gasteiger partial charge in [-0.25, -0.2) is 0 Å². The van der Waals surface area contributed by atoms with Crippen molar-refractivity contribution in [3.8, 4) is 0 Å². The molecule has 0 heterocycles. The number of anilines is 1. The van der Waals surface area contributed by atoms with Gasteiger partial charge in [0.1, 0.15) is 0 Å². The average molecular weight is 311 g/mol. The monoisotopic (exact) mass is 311 g/mol. The van der Waals surface area contributed by atoms with Gasteiger partial charge in [-0.05, 0) is 66.6 Å². The second-order valence-corrected chi connectivity index (χ2v) is 5.93. The number of aryl methyl sites for hydroxylation is 2. The fraction of sp³-hybridized carbons (Fsp3) is 0.250. The van der Waals surface area contributed by atoms with E-state index in [1.54, 1.807) is 12.1 Å². The molecule has 0 aliphatic carbocycles. The third-order valence-electron chi connectivity index (χ3n) is 3.20. The second-order valence-electron chi connectivity index (χ2n) is 4.80. The first-order chi connectivity index (χ1) is 9.85. The summed E-state index contributed by atoms with van der Waals surface area (Å²) < 4.78 is 36.7. The summed E-state index contributed by atoms with van der Waals surface area (Å²) in [5.41, 5.74) is 0.182. The standard InChI is InChI=1S/C16H16F3NS/c1-11-4-3-5-12(2)15(11)10-20-13-6-8-14(9-7-13)21-16(17,18)19/h3-9,20H,10H2,1-2H3. The molecule has 0 fully saturated rings. The van der Waals surface area contributed by atoms with Gasteiger partial charge in [0.05, 0.1) is 0 Å². The van der Waals surface area contributed by atoms with Gasteiger partial charge < -0.3 is 5.32 Å². The molecule has 0 saturated carbocycles. The molecule has 0 unspecified atom stereocenters. The van der Waals surface area contributed by atoms with Gasteiger partial charge in [0.2, 0.25) is 0 Å². The Morgan fingerprint density at radius 1 is 0.952 bits per heavy atom. The molecule has 21 heavy (non-hydrogen) atoms. The molecule has 0 aromatic heterocycles. The summed E-state index contributed by atoms with van der Waals surface area (Å²) in [7, 11) is 0. The number of hydrogen-bond acceptors (Lipinski definition) is 2. The third kappa shape index (κ3) is 4.70. The molecular weight excluding hydrogens is 295 g/mol. The van der Waals surface area contributed by atoms with E-state index in [4.69, 9.17) is 0 Å². The first-order valence-corrected chi connectivity index (χ1v) is 7.31. The number of nitrogens with one attached hydrogen (secondary N) is 1. The average Bonchev–Trinajstić information content (AvgIpc) is 2.38. The molecule has 0 spiro atoms. The van der Waals surface area contributed by atoms with E-state index in [1.807, 2.05) is 32.0 Å². The van der Waals surface area contributed by atoms with Crippen molar-refractivity contribution in [1.29, 1.82) is 0 Å². The van der Waals surface area contributed by atoms with Crippen LogP contribution in [0.4, 0.5) is 18.9 Å². The van der Waals surface area contributed by atoms with Gasteiger partial charge in [-0.2, -0.15) is 13.2 Å². The molecule has 2 aromatic rings. The number of rotatable bonds is 4. The fourth-order valence-corrected chi connectivity index (χ4v) is 2.63. The van der Waals surface area contributed by atoms with Crippen LogP contribution in [0.1, 0.15) is 16.7 Å². The number of alkyl halides is 3. The zero-order chi connectivity index (χ0) is 15.5. The van der Waals surface area contributed by atoms with Crippen LogP contribution in [0.25, 0.3) is 0 Å². The highest BCUT2D eigenvalue weighted by Crippen LogP contribution is 2.37. The molecule has 2 rings (SSSR count). The van der Waals surface area contributed by atoms with Crippen LogP contribution in [0.5, 0.6) is 0 Å². The highest BCUT2D eigenvalue weighted by atomic mass is 32.2. The summed E-state index contributed by atoms with van der Waals surface area (Å²) in [6.45, 7) is 4.75. The summed E-state index contributed by atoms with van der Waals surface area (Å²) in [6.07, 6.45) is 0. The maximum absolute atomic E-state index is 12.2. The Bertz CT molecular complexity index is 586. The molecule has 0 aliphatic heterocycles. The van der Waals surface area contributed by atoms with Crippen molar-refractivity contribution < 1.29 is 13.2 Å². The van der Waals surface area contributed by atoms with Crippen LogP contribution in [-0.4, -0.2) is 5.51 Å². The van der Waals surface area contributed by atoms with Gasteiger partial charge in [0, 0.05) is 17.1 Å². The minimum atomic E-state index is -4.24. The van der Waals surface area contributed by atoms with Gasteiger partial charge >= 0.3 is 5.51 Å². The molecule has 0 aliphatic rings. The first-order valence-electron chi connectivity index (χ1n) is 6.50. The lowest BCUT2D eigenvalue weighted by atomic mass is 10.0. The normalized spacial score (nSPS) is 11.5. The Hall–Kier alpha value is -1.62. The minimum absolute atomic E-state index is 0.0990. The highest BCUT2D eigenvalue weighted by Gasteiger charge is 2.28. The lowest BCUT2D eigenvalue weighted by Crippen LogP contribution is -2.03. The minimum Gasteiger partial charge on any atom is -0.381 e. The Labute approximate surface area is 126 Å². The Morgan fingerprint density at radius 3 is 2.05 bits per heavy atom. The Balaban J connectivity index is 2.01. The van der Waals surface area contributed by atoms with Gasteiger partial charge in [-0.1, -0.05) is 18.2 Å². The lowest BCUT2D eigenvalue weighted by molar-refractivity contribution is -0.0328. The van der Waals surface area contributed by atoms with Crippen molar-refractivity contribution in [2.75, 3.05) is 5.32 Å². The van der Waals surface area contributed by atoms with Gasteiger partial charge in [-0.3, -0.25) is 0 Å². The largest absolute Gasteiger partial charge is 0.446 e. The zero-order valence-electron chi connectivity index (χ0n) is 11.8. The highest BCUT2D eigenvalue weighted by molar-refractivity contribution is 8.00. The van der Waals surface area contributed by atoms with Crippen LogP contribution in [-0.2, 0) is 6.54 Å². The molecule has 0 bridgehead atoms. The number of thioether (sulfide) groups is 1. The van der Waals surface area contributed by atoms with Crippen molar-refractivity contribution >= 4 is 17.4 Å². The van der Waals surface area contributed by atoms with E-state index in [-0.39, 0.29) is 16.7 Å². The summed E-state index contributed by atoms with van der Waals surface area (Å²) in [6, 6.07) is 12.4. The molecule has 1 nitrogen and oxygen atoms in total. The molecule has 2 aromatic carbocycles. The quantitative estimate of drug-likeness (QED) is 0.745. The fourth-order valence-electron chi connectivity index (χ4n) is 2.09. The second kappa shape index (κ2) is 6.43. The molecule has 112 valence electrons. The molecule has 0 amide bonds. The Morgan fingerprint density at radius 2 is 1.52 bits per heavy atom. The molecule has 0 saturated heterocycles. The molecule has 0 atom stereocenters. The molecule has 5 heteroatoms. The maximum Gasteiger partial charge on any atom is 0.446 e. The maximum atomic E-state index is 12.2. The molecule has 1 N–H and O–H groups in total. The van der Waals surface area contributed by atoms with Crippen LogP contribution < -0.4 is 5.32 Å². The lowest BCUT2D eigenvalue weighted by Gasteiger charge is -2.12. The van der Waals surface area contributed by atoms with Crippen LogP contribution in [0, 0.1) is 13.8 Å². The summed E-state index contributed by atoms with van der Waals surface area (Å²) in [4.78, 5) is 0.195. The Kier molecular flexibility index (Phi) is 4.83. The van der Waals surface area contributed by atoms with Crippen LogP contribution in [0.15, 0.2) is 47.4 Å². The topological polar surface area (TPSA) is 12.0 Å². The number of benzene rings is 2. The van der Waals surface area contributed by atoms with Gasteiger partial charge in [0.15, 0.2) is 0 Å². The van der Waals surface area contributed by atoms with Crippen molar-refractivity contribution in [3.05, 3.63) is 59.2 Å². The van der Waals surface area contributed by atoms with Gasteiger partial charge in [0.25, 0.3) is 0 Å². The van der Waals surface area contributed by atoms with Crippen molar-refractivity contribution in [3.63, 3.8) is 0 Å². The van der Waals surface area contributed by atoms with E-state index in [9.17, 15) is 13.2 Å². The third-order valence-corrected chi connectivity index (χ3v) is 3.94. The zero-order valence-corrected chi connectivity index (χ0v) is 12.6. The van der Waals surface area contributed by atoms with Crippen LogP contribution in [0.3, 0.4) is 0 Å². The predicted octanol–water partition coefficient (Wildman–Crippen LogP) is 5.53. The summed E-state index contributed by atoms with van der Waals surface area (Å²) in [5, 5.41) is 3.24. The van der Waals surface area contributed by atoms with E-state index >= 15 is 0 Å². The van der Waals surface area contributed by atoms with Crippen molar-refractivity contribution in [2.24, 2.45) is 0 Å². The van der Waals surface area contributed by atoms with E-state index in [0.29, 0.717) is 6.54 Å². The molecular formula is C16H16F3NS. The van der Waals surface area contributed by atoms with Crippen LogP contribution >= 0.6 is 11.8 Å². The van der Waals surface area contributed by atoms with E-state index in [1.165, 1.54) is 28.8 Å². The van der Waals surface area contributed by atoms with Crippen LogP contribution in [0.2, 0.25) is 0 Å².